The average molecular weight is 203 g/mol. The lowest BCUT2D eigenvalue weighted by Crippen LogP contribution is -2.21. The topological polar surface area (TPSA) is 12.0 Å². The van der Waals surface area contributed by atoms with Gasteiger partial charge in [0.05, 0.1) is 0 Å². The fourth-order valence-electron chi connectivity index (χ4n) is 2.40. The zero-order chi connectivity index (χ0) is 10.7. The molecule has 0 aliphatic carbocycles. The molecule has 82 valence electrons. The first kappa shape index (κ1) is 10.7. The van der Waals surface area contributed by atoms with E-state index in [9.17, 15) is 0 Å². The van der Waals surface area contributed by atoms with Gasteiger partial charge in [-0.3, -0.25) is 0 Å². The fraction of sp³-hybridized carbons (Fsp3) is 0.571. The predicted molar refractivity (Wildman–Crippen MR) is 65.3 cm³/mol. The molecule has 1 fully saturated rings. The minimum absolute atomic E-state index is 0.768. The maximum Gasteiger partial charge on any atom is 0.00707 e. The Bertz CT molecular complexity index is 324. The Balaban J connectivity index is 1.94. The third-order valence-electron chi connectivity index (χ3n) is 3.43. The van der Waals surface area contributed by atoms with E-state index in [0.29, 0.717) is 0 Å². The van der Waals surface area contributed by atoms with Crippen molar-refractivity contribution in [2.24, 2.45) is 0 Å². The van der Waals surface area contributed by atoms with E-state index in [2.05, 4.69) is 37.4 Å². The van der Waals surface area contributed by atoms with Crippen LogP contribution in [0.4, 0.5) is 0 Å². The van der Waals surface area contributed by atoms with Gasteiger partial charge in [0.25, 0.3) is 0 Å². The van der Waals surface area contributed by atoms with Gasteiger partial charge in [0.15, 0.2) is 0 Å². The van der Waals surface area contributed by atoms with Crippen LogP contribution in [0.2, 0.25) is 0 Å². The van der Waals surface area contributed by atoms with Crippen LogP contribution in [0.25, 0.3) is 0 Å². The van der Waals surface area contributed by atoms with E-state index in [4.69, 9.17) is 0 Å². The van der Waals surface area contributed by atoms with Gasteiger partial charge in [0, 0.05) is 6.04 Å². The SMILES string of the molecule is Cc1ccc(C)c(CCC2CCCN2)c1. The summed E-state index contributed by atoms with van der Waals surface area (Å²) in [7, 11) is 0. The first-order valence-corrected chi connectivity index (χ1v) is 6.05. The summed E-state index contributed by atoms with van der Waals surface area (Å²) in [5.41, 5.74) is 4.36. The molecule has 1 nitrogen and oxygen atoms in total. The van der Waals surface area contributed by atoms with Crippen LogP contribution in [-0.4, -0.2) is 12.6 Å². The molecule has 1 heterocycles. The zero-order valence-electron chi connectivity index (χ0n) is 9.84. The van der Waals surface area contributed by atoms with E-state index in [1.807, 2.05) is 0 Å². The second kappa shape index (κ2) is 4.80. The molecule has 1 heteroatoms. The molecule has 0 radical (unpaired) electrons. The monoisotopic (exact) mass is 203 g/mol. The van der Waals surface area contributed by atoms with Crippen molar-refractivity contribution in [2.75, 3.05) is 6.54 Å². The highest BCUT2D eigenvalue weighted by Gasteiger charge is 2.13. The van der Waals surface area contributed by atoms with Crippen LogP contribution in [0.3, 0.4) is 0 Å². The lowest BCUT2D eigenvalue weighted by molar-refractivity contribution is 0.558. The van der Waals surface area contributed by atoms with Gasteiger partial charge in [-0.05, 0) is 57.2 Å². The first-order valence-electron chi connectivity index (χ1n) is 6.05. The van der Waals surface area contributed by atoms with Crippen LogP contribution in [0.5, 0.6) is 0 Å². The van der Waals surface area contributed by atoms with Crippen LogP contribution in [0.1, 0.15) is 36.0 Å². The fourth-order valence-corrected chi connectivity index (χ4v) is 2.40. The maximum atomic E-state index is 3.56. The maximum absolute atomic E-state index is 3.56. The normalized spacial score (nSPS) is 20.8. The number of nitrogens with one attached hydrogen (secondary N) is 1. The van der Waals surface area contributed by atoms with Gasteiger partial charge >= 0.3 is 0 Å². The van der Waals surface area contributed by atoms with Crippen molar-refractivity contribution >= 4 is 0 Å². The quantitative estimate of drug-likeness (QED) is 0.796. The zero-order valence-corrected chi connectivity index (χ0v) is 9.84. The summed E-state index contributed by atoms with van der Waals surface area (Å²) in [6.07, 6.45) is 5.25. The lowest BCUT2D eigenvalue weighted by Gasteiger charge is -2.11. The molecule has 0 bridgehead atoms. The highest BCUT2D eigenvalue weighted by Crippen LogP contribution is 2.16. The molecule has 1 aliphatic rings. The molecule has 0 amide bonds. The van der Waals surface area contributed by atoms with Crippen molar-refractivity contribution in [1.82, 2.24) is 5.32 Å². The summed E-state index contributed by atoms with van der Waals surface area (Å²) in [5.74, 6) is 0. The average Bonchev–Trinajstić information content (AvgIpc) is 2.72. The Hall–Kier alpha value is -0.820. The molecule has 1 atom stereocenters. The molecule has 0 saturated carbocycles. The van der Waals surface area contributed by atoms with E-state index >= 15 is 0 Å². The Morgan fingerprint density at radius 1 is 1.33 bits per heavy atom. The second-order valence-electron chi connectivity index (χ2n) is 4.76. The number of aryl methyl sites for hydroxylation is 3. The van der Waals surface area contributed by atoms with E-state index in [0.717, 1.165) is 6.04 Å². The van der Waals surface area contributed by atoms with Gasteiger partial charge in [0.1, 0.15) is 0 Å². The number of benzene rings is 1. The minimum Gasteiger partial charge on any atom is -0.314 e. The summed E-state index contributed by atoms with van der Waals surface area (Å²) in [6.45, 7) is 5.62. The van der Waals surface area contributed by atoms with Gasteiger partial charge in [-0.1, -0.05) is 23.8 Å². The van der Waals surface area contributed by atoms with Crippen molar-refractivity contribution in [2.45, 2.75) is 45.6 Å². The summed E-state index contributed by atoms with van der Waals surface area (Å²) >= 11 is 0. The van der Waals surface area contributed by atoms with Crippen molar-refractivity contribution in [3.63, 3.8) is 0 Å². The number of rotatable bonds is 3. The minimum atomic E-state index is 0.768. The summed E-state index contributed by atoms with van der Waals surface area (Å²) in [5, 5.41) is 3.56. The molecule has 2 rings (SSSR count). The molecule has 1 aliphatic heterocycles. The molecule has 1 N–H and O–H groups in total. The van der Waals surface area contributed by atoms with Crippen molar-refractivity contribution in [3.05, 3.63) is 34.9 Å². The van der Waals surface area contributed by atoms with Crippen LogP contribution in [0.15, 0.2) is 18.2 Å². The molecular formula is C14H21N. The van der Waals surface area contributed by atoms with Gasteiger partial charge in [0.2, 0.25) is 0 Å². The van der Waals surface area contributed by atoms with Crippen molar-refractivity contribution in [3.8, 4) is 0 Å². The Morgan fingerprint density at radius 3 is 2.93 bits per heavy atom. The summed E-state index contributed by atoms with van der Waals surface area (Å²) < 4.78 is 0. The van der Waals surface area contributed by atoms with Gasteiger partial charge in [-0.15, -0.1) is 0 Å². The standard InChI is InChI=1S/C14H21N/c1-11-5-6-12(2)13(10-11)7-8-14-4-3-9-15-14/h5-6,10,14-15H,3-4,7-9H2,1-2H3. The molecule has 0 spiro atoms. The van der Waals surface area contributed by atoms with Gasteiger partial charge < -0.3 is 5.32 Å². The third-order valence-corrected chi connectivity index (χ3v) is 3.43. The van der Waals surface area contributed by atoms with E-state index in [1.165, 1.54) is 48.9 Å². The molecule has 1 aromatic carbocycles. The van der Waals surface area contributed by atoms with Gasteiger partial charge in [-0.2, -0.15) is 0 Å². The van der Waals surface area contributed by atoms with Crippen LogP contribution in [-0.2, 0) is 6.42 Å². The lowest BCUT2D eigenvalue weighted by atomic mass is 9.98. The first-order chi connectivity index (χ1) is 7.25. The van der Waals surface area contributed by atoms with E-state index in [-0.39, 0.29) is 0 Å². The predicted octanol–water partition coefficient (Wildman–Crippen LogP) is 2.99. The van der Waals surface area contributed by atoms with Crippen LogP contribution in [0, 0.1) is 13.8 Å². The number of hydrogen-bond donors (Lipinski definition) is 1. The Kier molecular flexibility index (Phi) is 3.42. The highest BCUT2D eigenvalue weighted by atomic mass is 14.9. The largest absolute Gasteiger partial charge is 0.314 e. The molecular weight excluding hydrogens is 182 g/mol. The molecule has 1 aromatic rings. The highest BCUT2D eigenvalue weighted by molar-refractivity contribution is 5.30. The Labute approximate surface area is 92.9 Å². The number of hydrogen-bond acceptors (Lipinski definition) is 1. The van der Waals surface area contributed by atoms with E-state index < -0.39 is 0 Å². The summed E-state index contributed by atoms with van der Waals surface area (Å²) in [6, 6.07) is 7.55. The molecule has 0 aromatic heterocycles. The molecule has 1 saturated heterocycles. The van der Waals surface area contributed by atoms with E-state index in [1.54, 1.807) is 0 Å². The van der Waals surface area contributed by atoms with Gasteiger partial charge in [-0.25, -0.2) is 0 Å². The van der Waals surface area contributed by atoms with Crippen molar-refractivity contribution < 1.29 is 0 Å². The van der Waals surface area contributed by atoms with Crippen molar-refractivity contribution in [1.29, 1.82) is 0 Å². The smallest absolute Gasteiger partial charge is 0.00707 e. The van der Waals surface area contributed by atoms with Crippen LogP contribution >= 0.6 is 0 Å². The molecule has 1 unspecified atom stereocenters. The Morgan fingerprint density at radius 2 is 2.20 bits per heavy atom. The summed E-state index contributed by atoms with van der Waals surface area (Å²) in [4.78, 5) is 0. The third kappa shape index (κ3) is 2.82. The van der Waals surface area contributed by atoms with Crippen LogP contribution < -0.4 is 5.32 Å². The molecule has 15 heavy (non-hydrogen) atoms. The second-order valence-corrected chi connectivity index (χ2v) is 4.76.